The van der Waals surface area contributed by atoms with Gasteiger partial charge in [-0.3, -0.25) is 0 Å². The van der Waals surface area contributed by atoms with Crippen molar-refractivity contribution in [1.82, 2.24) is 0 Å². The van der Waals surface area contributed by atoms with E-state index in [0.717, 1.165) is 18.9 Å². The molecule has 1 N–H and O–H groups in total. The second-order valence-corrected chi connectivity index (χ2v) is 5.18. The van der Waals surface area contributed by atoms with Gasteiger partial charge in [-0.05, 0) is 42.5 Å². The molecule has 1 aromatic rings. The molecule has 0 heterocycles. The first-order chi connectivity index (χ1) is 9.65. The van der Waals surface area contributed by atoms with Gasteiger partial charge in [-0.25, -0.2) is 9.18 Å². The van der Waals surface area contributed by atoms with Crippen LogP contribution >= 0.6 is 0 Å². The summed E-state index contributed by atoms with van der Waals surface area (Å²) >= 11 is 0. The van der Waals surface area contributed by atoms with Gasteiger partial charge >= 0.3 is 5.97 Å². The molecule has 0 radical (unpaired) electrons. The summed E-state index contributed by atoms with van der Waals surface area (Å²) in [7, 11) is 0. The van der Waals surface area contributed by atoms with Gasteiger partial charge in [0.15, 0.2) is 11.6 Å². The second-order valence-electron chi connectivity index (χ2n) is 5.18. The van der Waals surface area contributed by atoms with Gasteiger partial charge in [0.25, 0.3) is 0 Å². The topological polar surface area (TPSA) is 46.5 Å². The molecule has 0 saturated heterocycles. The van der Waals surface area contributed by atoms with E-state index in [1.165, 1.54) is 31.4 Å². The summed E-state index contributed by atoms with van der Waals surface area (Å²) in [6.07, 6.45) is 8.40. The van der Waals surface area contributed by atoms with Crippen LogP contribution in [0.3, 0.4) is 0 Å². The van der Waals surface area contributed by atoms with Crippen LogP contribution in [-0.4, -0.2) is 17.7 Å². The SMILES string of the molecule is O=C(O)/C=C/c1ccc(OCC2CCCCC2)c(F)c1. The number of rotatable bonds is 5. The second kappa shape index (κ2) is 7.08. The summed E-state index contributed by atoms with van der Waals surface area (Å²) in [6, 6.07) is 4.49. The lowest BCUT2D eigenvalue weighted by Crippen LogP contribution is -2.15. The van der Waals surface area contributed by atoms with E-state index in [0.29, 0.717) is 18.1 Å². The minimum Gasteiger partial charge on any atom is -0.490 e. The number of hydrogen-bond donors (Lipinski definition) is 1. The molecule has 1 aliphatic rings. The molecule has 0 aromatic heterocycles. The van der Waals surface area contributed by atoms with Crippen molar-refractivity contribution in [1.29, 1.82) is 0 Å². The predicted molar refractivity (Wildman–Crippen MR) is 75.1 cm³/mol. The first-order valence-corrected chi connectivity index (χ1v) is 6.98. The number of halogens is 1. The fourth-order valence-corrected chi connectivity index (χ4v) is 2.47. The highest BCUT2D eigenvalue weighted by molar-refractivity contribution is 5.85. The molecule has 0 spiro atoms. The minimum atomic E-state index is -1.05. The maximum Gasteiger partial charge on any atom is 0.328 e. The number of carbonyl (C=O) groups is 1. The van der Waals surface area contributed by atoms with Crippen LogP contribution < -0.4 is 4.74 Å². The van der Waals surface area contributed by atoms with Gasteiger partial charge in [0, 0.05) is 6.08 Å². The monoisotopic (exact) mass is 278 g/mol. The molecule has 0 aliphatic heterocycles. The van der Waals surface area contributed by atoms with Crippen molar-refractivity contribution in [2.24, 2.45) is 5.92 Å². The smallest absolute Gasteiger partial charge is 0.328 e. The fraction of sp³-hybridized carbons (Fsp3) is 0.438. The summed E-state index contributed by atoms with van der Waals surface area (Å²) in [5.74, 6) is -0.742. The van der Waals surface area contributed by atoms with Crippen LogP contribution in [0.5, 0.6) is 5.75 Å². The van der Waals surface area contributed by atoms with Crippen LogP contribution in [-0.2, 0) is 4.79 Å². The van der Waals surface area contributed by atoms with E-state index in [9.17, 15) is 9.18 Å². The molecule has 108 valence electrons. The molecule has 0 bridgehead atoms. The number of benzene rings is 1. The minimum absolute atomic E-state index is 0.239. The molecule has 20 heavy (non-hydrogen) atoms. The lowest BCUT2D eigenvalue weighted by atomic mass is 9.90. The van der Waals surface area contributed by atoms with E-state index >= 15 is 0 Å². The molecule has 1 fully saturated rings. The Morgan fingerprint density at radius 1 is 1.35 bits per heavy atom. The zero-order chi connectivity index (χ0) is 14.4. The summed E-state index contributed by atoms with van der Waals surface area (Å²) in [5.41, 5.74) is 0.509. The van der Waals surface area contributed by atoms with Crippen LogP contribution in [0, 0.1) is 11.7 Å². The average Bonchev–Trinajstić information content (AvgIpc) is 2.45. The fourth-order valence-electron chi connectivity index (χ4n) is 2.47. The third-order valence-electron chi connectivity index (χ3n) is 3.57. The third-order valence-corrected chi connectivity index (χ3v) is 3.57. The van der Waals surface area contributed by atoms with Crippen molar-refractivity contribution >= 4 is 12.0 Å². The van der Waals surface area contributed by atoms with Gasteiger partial charge in [0.1, 0.15) is 0 Å². The molecule has 0 atom stereocenters. The zero-order valence-electron chi connectivity index (χ0n) is 11.3. The van der Waals surface area contributed by atoms with Crippen LogP contribution in [0.2, 0.25) is 0 Å². The van der Waals surface area contributed by atoms with Crippen LogP contribution in [0.25, 0.3) is 6.08 Å². The van der Waals surface area contributed by atoms with E-state index in [1.54, 1.807) is 12.1 Å². The van der Waals surface area contributed by atoms with Gasteiger partial charge in [-0.15, -0.1) is 0 Å². The molecule has 3 nitrogen and oxygen atoms in total. The maximum absolute atomic E-state index is 13.8. The molecular weight excluding hydrogens is 259 g/mol. The van der Waals surface area contributed by atoms with Crippen molar-refractivity contribution in [3.05, 3.63) is 35.7 Å². The lowest BCUT2D eigenvalue weighted by Gasteiger charge is -2.21. The maximum atomic E-state index is 13.8. The van der Waals surface area contributed by atoms with Gasteiger partial charge in [0.05, 0.1) is 6.61 Å². The van der Waals surface area contributed by atoms with Crippen molar-refractivity contribution < 1.29 is 19.0 Å². The predicted octanol–water partition coefficient (Wildman–Crippen LogP) is 3.88. The van der Waals surface area contributed by atoms with Gasteiger partial charge in [0.2, 0.25) is 0 Å². The Hall–Kier alpha value is -1.84. The third kappa shape index (κ3) is 4.37. The molecule has 1 aromatic carbocycles. The Morgan fingerprint density at radius 2 is 2.10 bits per heavy atom. The van der Waals surface area contributed by atoms with Gasteiger partial charge < -0.3 is 9.84 Å². The van der Waals surface area contributed by atoms with Crippen molar-refractivity contribution in [2.75, 3.05) is 6.61 Å². The van der Waals surface area contributed by atoms with E-state index in [1.807, 2.05) is 0 Å². The summed E-state index contributed by atoms with van der Waals surface area (Å²) in [6.45, 7) is 0.557. The number of ether oxygens (including phenoxy) is 1. The first-order valence-electron chi connectivity index (χ1n) is 6.98. The number of carboxylic acid groups (broad SMARTS) is 1. The number of hydrogen-bond acceptors (Lipinski definition) is 2. The van der Waals surface area contributed by atoms with Gasteiger partial charge in [-0.1, -0.05) is 25.3 Å². The van der Waals surface area contributed by atoms with E-state index in [2.05, 4.69) is 0 Å². The summed E-state index contributed by atoms with van der Waals surface area (Å²) in [5, 5.41) is 8.52. The molecular formula is C16H19FO3. The molecule has 2 rings (SSSR count). The highest BCUT2D eigenvalue weighted by Gasteiger charge is 2.15. The van der Waals surface area contributed by atoms with Crippen molar-refractivity contribution in [2.45, 2.75) is 32.1 Å². The first kappa shape index (κ1) is 14.6. The number of aliphatic carboxylic acids is 1. The molecule has 0 unspecified atom stereocenters. The molecule has 0 amide bonds. The Morgan fingerprint density at radius 3 is 2.75 bits per heavy atom. The standard InChI is InChI=1S/C16H19FO3/c17-14-10-12(7-9-16(18)19)6-8-15(14)20-11-13-4-2-1-3-5-13/h6-10,13H,1-5,11H2,(H,18,19)/b9-7+. The quantitative estimate of drug-likeness (QED) is 0.831. The zero-order valence-corrected chi connectivity index (χ0v) is 11.3. The number of carboxylic acids is 1. The van der Waals surface area contributed by atoms with E-state index in [-0.39, 0.29) is 5.75 Å². The van der Waals surface area contributed by atoms with Gasteiger partial charge in [-0.2, -0.15) is 0 Å². The average molecular weight is 278 g/mol. The molecule has 4 heteroatoms. The van der Waals surface area contributed by atoms with E-state index < -0.39 is 11.8 Å². The van der Waals surface area contributed by atoms with Crippen LogP contribution in [0.1, 0.15) is 37.7 Å². The van der Waals surface area contributed by atoms with Crippen LogP contribution in [0.4, 0.5) is 4.39 Å². The Kier molecular flexibility index (Phi) is 5.16. The normalized spacial score (nSPS) is 16.4. The molecule has 1 aliphatic carbocycles. The van der Waals surface area contributed by atoms with Crippen molar-refractivity contribution in [3.8, 4) is 5.75 Å². The highest BCUT2D eigenvalue weighted by atomic mass is 19.1. The highest BCUT2D eigenvalue weighted by Crippen LogP contribution is 2.26. The Balaban J connectivity index is 1.93. The largest absolute Gasteiger partial charge is 0.490 e. The Bertz CT molecular complexity index is 490. The van der Waals surface area contributed by atoms with Crippen molar-refractivity contribution in [3.63, 3.8) is 0 Å². The summed E-state index contributed by atoms with van der Waals surface area (Å²) in [4.78, 5) is 10.4. The Labute approximate surface area is 118 Å². The lowest BCUT2D eigenvalue weighted by molar-refractivity contribution is -0.131. The van der Waals surface area contributed by atoms with E-state index in [4.69, 9.17) is 9.84 Å². The van der Waals surface area contributed by atoms with Crippen LogP contribution in [0.15, 0.2) is 24.3 Å². The summed E-state index contributed by atoms with van der Waals surface area (Å²) < 4.78 is 19.4. The molecule has 1 saturated carbocycles.